The van der Waals surface area contributed by atoms with Gasteiger partial charge in [0.2, 0.25) is 0 Å². The second-order valence-corrected chi connectivity index (χ2v) is 4.55. The monoisotopic (exact) mass is 366 g/mol. The molecular weight excluding hydrogens is 340 g/mol. The molecule has 2 aliphatic heterocycles. The smallest absolute Gasteiger partial charge is 0.327 e. The lowest BCUT2D eigenvalue weighted by molar-refractivity contribution is -0.132. The topological polar surface area (TPSA) is 170 Å². The van der Waals surface area contributed by atoms with Crippen molar-refractivity contribution in [3.05, 3.63) is 25.3 Å². The van der Waals surface area contributed by atoms with E-state index in [0.29, 0.717) is 12.2 Å². The number of aliphatic hydroxyl groups is 3. The summed E-state index contributed by atoms with van der Waals surface area (Å²) in [6, 6.07) is 0. The van der Waals surface area contributed by atoms with Crippen LogP contribution in [-0.2, 0) is 23.8 Å². The van der Waals surface area contributed by atoms with Gasteiger partial charge in [0.1, 0.15) is 18.3 Å². The van der Waals surface area contributed by atoms with Gasteiger partial charge in [0.05, 0.1) is 39.6 Å². The highest BCUT2D eigenvalue weighted by molar-refractivity contribution is 5.79. The van der Waals surface area contributed by atoms with E-state index in [0.717, 1.165) is 38.6 Å². The van der Waals surface area contributed by atoms with Gasteiger partial charge in [0, 0.05) is 12.2 Å². The van der Waals surface area contributed by atoms with Gasteiger partial charge in [-0.15, -0.1) is 0 Å². The summed E-state index contributed by atoms with van der Waals surface area (Å²) in [4.78, 5) is 18.5. The number of aliphatic hydroxyl groups excluding tert-OH is 3. The number of hydrogen-bond donors (Lipinski definition) is 5. The third-order valence-corrected chi connectivity index (χ3v) is 2.18. The van der Waals surface area contributed by atoms with E-state index in [1.807, 2.05) is 0 Å². The Balaban J connectivity index is 0. The maximum Gasteiger partial charge on any atom is 0.327 e. The molecular formula is C15H26O10. The van der Waals surface area contributed by atoms with E-state index in [9.17, 15) is 9.59 Å². The van der Waals surface area contributed by atoms with Gasteiger partial charge in [-0.25, -0.2) is 9.59 Å². The van der Waals surface area contributed by atoms with Gasteiger partial charge >= 0.3 is 11.9 Å². The quantitative estimate of drug-likeness (QED) is 0.255. The Kier molecular flexibility index (Phi) is 17.3. The van der Waals surface area contributed by atoms with E-state index < -0.39 is 18.0 Å². The molecule has 10 nitrogen and oxygen atoms in total. The molecule has 0 aromatic rings. The normalized spacial score (nSPS) is 18.9. The first kappa shape index (κ1) is 25.4. The van der Waals surface area contributed by atoms with Gasteiger partial charge in [-0.2, -0.15) is 0 Å². The number of carboxylic acids is 2. The van der Waals surface area contributed by atoms with Crippen LogP contribution in [0.1, 0.15) is 0 Å². The van der Waals surface area contributed by atoms with Crippen LogP contribution in [0.3, 0.4) is 0 Å². The second-order valence-electron chi connectivity index (χ2n) is 4.55. The number of carboxylic acid groups (broad SMARTS) is 2. The van der Waals surface area contributed by atoms with E-state index in [-0.39, 0.29) is 13.2 Å². The standard InChI is InChI=1S/C6H10O3.C3H8O3.2C3H4O2/c1(5-3-8-5)7-2-6-4-9-6;4-1-3(6)2-5;2*1-2-3(4)5/h5-6H,1-4H2;3-6H,1-2H2;2*2H,1H2,(H,4,5). The van der Waals surface area contributed by atoms with Crippen molar-refractivity contribution >= 4 is 11.9 Å². The Labute approximate surface area is 145 Å². The molecule has 0 spiro atoms. The van der Waals surface area contributed by atoms with Crippen molar-refractivity contribution < 1.29 is 49.3 Å². The molecule has 0 aliphatic carbocycles. The highest BCUT2D eigenvalue weighted by Crippen LogP contribution is 2.12. The number of aliphatic carboxylic acids is 2. The third-order valence-electron chi connectivity index (χ3n) is 2.18. The molecule has 0 aromatic heterocycles. The van der Waals surface area contributed by atoms with Crippen molar-refractivity contribution in [1.82, 2.24) is 0 Å². The molecule has 2 unspecified atom stereocenters. The maximum atomic E-state index is 9.25. The molecule has 146 valence electrons. The Morgan fingerprint density at radius 1 is 1.00 bits per heavy atom. The fourth-order valence-corrected chi connectivity index (χ4v) is 0.717. The van der Waals surface area contributed by atoms with E-state index >= 15 is 0 Å². The Morgan fingerprint density at radius 3 is 1.40 bits per heavy atom. The lowest BCUT2D eigenvalue weighted by Gasteiger charge is -1.96. The van der Waals surface area contributed by atoms with Crippen molar-refractivity contribution in [2.24, 2.45) is 0 Å². The van der Waals surface area contributed by atoms with Crippen LogP contribution in [0.25, 0.3) is 0 Å². The molecule has 0 bridgehead atoms. The van der Waals surface area contributed by atoms with Crippen molar-refractivity contribution in [1.29, 1.82) is 0 Å². The summed E-state index contributed by atoms with van der Waals surface area (Å²) in [7, 11) is 0. The molecule has 5 N–H and O–H groups in total. The average molecular weight is 366 g/mol. The Morgan fingerprint density at radius 2 is 1.28 bits per heavy atom. The predicted octanol–water partition coefficient (Wildman–Crippen LogP) is -1.35. The van der Waals surface area contributed by atoms with Gasteiger partial charge < -0.3 is 39.7 Å². The number of carbonyl (C=O) groups is 2. The van der Waals surface area contributed by atoms with Crippen LogP contribution >= 0.6 is 0 Å². The number of rotatable bonds is 8. The van der Waals surface area contributed by atoms with E-state index in [2.05, 4.69) is 13.2 Å². The van der Waals surface area contributed by atoms with Gasteiger partial charge in [0.15, 0.2) is 0 Å². The van der Waals surface area contributed by atoms with Crippen molar-refractivity contribution in [3.8, 4) is 0 Å². The first-order valence-corrected chi connectivity index (χ1v) is 7.22. The summed E-state index contributed by atoms with van der Waals surface area (Å²) in [5, 5.41) is 39.2. The van der Waals surface area contributed by atoms with Crippen LogP contribution in [-0.4, -0.2) is 95.4 Å². The molecule has 2 aliphatic rings. The summed E-state index contributed by atoms with van der Waals surface area (Å²) in [6.07, 6.45) is 1.50. The number of epoxide rings is 2. The van der Waals surface area contributed by atoms with E-state index in [1.165, 1.54) is 0 Å². The molecule has 0 radical (unpaired) electrons. The minimum Gasteiger partial charge on any atom is -0.478 e. The molecule has 2 atom stereocenters. The molecule has 2 rings (SSSR count). The molecule has 10 heteroatoms. The van der Waals surface area contributed by atoms with Crippen LogP contribution in [0.15, 0.2) is 25.3 Å². The second kappa shape index (κ2) is 17.0. The first-order chi connectivity index (χ1) is 11.8. The van der Waals surface area contributed by atoms with Gasteiger partial charge in [-0.3, -0.25) is 0 Å². The van der Waals surface area contributed by atoms with Crippen LogP contribution in [0.5, 0.6) is 0 Å². The van der Waals surface area contributed by atoms with Gasteiger partial charge in [0.25, 0.3) is 0 Å². The predicted molar refractivity (Wildman–Crippen MR) is 86.1 cm³/mol. The zero-order chi connectivity index (χ0) is 19.7. The summed E-state index contributed by atoms with van der Waals surface area (Å²) < 4.78 is 15.1. The van der Waals surface area contributed by atoms with Gasteiger partial charge in [-0.1, -0.05) is 13.2 Å². The number of ether oxygens (including phenoxy) is 3. The SMILES string of the molecule is C(OCC1CO1)C1CO1.C=CC(=O)O.C=CC(=O)O.OCC(O)CO. The Hall–Kier alpha value is -1.82. The minimum atomic E-state index is -0.981. The summed E-state index contributed by atoms with van der Waals surface area (Å²) >= 11 is 0. The van der Waals surface area contributed by atoms with Crippen molar-refractivity contribution in [2.75, 3.05) is 39.6 Å². The van der Waals surface area contributed by atoms with Crippen molar-refractivity contribution in [3.63, 3.8) is 0 Å². The fourth-order valence-electron chi connectivity index (χ4n) is 0.717. The first-order valence-electron chi connectivity index (χ1n) is 7.22. The molecule has 2 heterocycles. The molecule has 25 heavy (non-hydrogen) atoms. The lowest BCUT2D eigenvalue weighted by Crippen LogP contribution is -2.15. The summed E-state index contributed by atoms with van der Waals surface area (Å²) in [5.74, 6) is -1.96. The zero-order valence-corrected chi connectivity index (χ0v) is 13.8. The van der Waals surface area contributed by atoms with Gasteiger partial charge in [-0.05, 0) is 0 Å². The zero-order valence-electron chi connectivity index (χ0n) is 13.8. The highest BCUT2D eigenvalue weighted by Gasteiger charge is 2.26. The third kappa shape index (κ3) is 27.3. The average Bonchev–Trinajstić information content (AvgIpc) is 3.51. The Bertz CT molecular complexity index is 343. The molecule has 2 saturated heterocycles. The van der Waals surface area contributed by atoms with Crippen LogP contribution in [0.4, 0.5) is 0 Å². The molecule has 0 amide bonds. The highest BCUT2D eigenvalue weighted by atomic mass is 16.6. The van der Waals surface area contributed by atoms with Crippen LogP contribution in [0, 0.1) is 0 Å². The van der Waals surface area contributed by atoms with Crippen LogP contribution < -0.4 is 0 Å². The molecule has 0 saturated carbocycles. The number of hydrogen-bond acceptors (Lipinski definition) is 8. The summed E-state index contributed by atoms with van der Waals surface area (Å²) in [5.41, 5.74) is 0. The lowest BCUT2D eigenvalue weighted by atomic mass is 10.4. The largest absolute Gasteiger partial charge is 0.478 e. The maximum absolute atomic E-state index is 9.25. The fraction of sp³-hybridized carbons (Fsp3) is 0.600. The molecule has 2 fully saturated rings. The van der Waals surface area contributed by atoms with Crippen LogP contribution in [0.2, 0.25) is 0 Å². The minimum absolute atomic E-state index is 0.365. The van der Waals surface area contributed by atoms with E-state index in [1.54, 1.807) is 0 Å². The van der Waals surface area contributed by atoms with E-state index in [4.69, 9.17) is 39.7 Å². The molecule has 0 aromatic carbocycles. The van der Waals surface area contributed by atoms with Crippen molar-refractivity contribution in [2.45, 2.75) is 18.3 Å². The summed E-state index contributed by atoms with van der Waals surface area (Å²) in [6.45, 7) is 8.45.